The van der Waals surface area contributed by atoms with Gasteiger partial charge in [0.15, 0.2) is 0 Å². The van der Waals surface area contributed by atoms with Gasteiger partial charge in [-0.25, -0.2) is 4.98 Å². The van der Waals surface area contributed by atoms with Crippen molar-refractivity contribution in [3.05, 3.63) is 71.1 Å². The molecule has 2 N–H and O–H groups in total. The minimum Gasteiger partial charge on any atom is -0.366 e. The van der Waals surface area contributed by atoms with E-state index in [1.807, 2.05) is 42.5 Å². The van der Waals surface area contributed by atoms with E-state index < -0.39 is 0 Å². The van der Waals surface area contributed by atoms with Crippen molar-refractivity contribution in [3.8, 4) is 0 Å². The highest BCUT2D eigenvalue weighted by molar-refractivity contribution is 9.10. The molecule has 2 aromatic heterocycles. The van der Waals surface area contributed by atoms with E-state index in [1.165, 1.54) is 0 Å². The third kappa shape index (κ3) is 4.02. The molecule has 0 saturated heterocycles. The molecule has 3 rings (SSSR count). The van der Waals surface area contributed by atoms with Gasteiger partial charge >= 0.3 is 0 Å². The van der Waals surface area contributed by atoms with E-state index >= 15 is 0 Å². The van der Waals surface area contributed by atoms with Gasteiger partial charge in [0.1, 0.15) is 5.82 Å². The van der Waals surface area contributed by atoms with Crippen molar-refractivity contribution in [3.63, 3.8) is 0 Å². The number of benzene rings is 1. The number of hydrogen-bond acceptors (Lipinski definition) is 5. The number of pyridine rings is 1. The van der Waals surface area contributed by atoms with Crippen LogP contribution in [0.3, 0.4) is 0 Å². The molecule has 0 saturated carbocycles. The smallest absolute Gasteiger partial charge is 0.229 e. The SMILES string of the molecule is Brc1ccc(Nc2nccc(NCc3ccncc3)n2)cc1. The van der Waals surface area contributed by atoms with E-state index in [-0.39, 0.29) is 0 Å². The van der Waals surface area contributed by atoms with E-state index in [2.05, 4.69) is 41.5 Å². The second-order valence-corrected chi connectivity index (χ2v) is 5.52. The summed E-state index contributed by atoms with van der Waals surface area (Å²) >= 11 is 3.41. The van der Waals surface area contributed by atoms with E-state index in [0.29, 0.717) is 12.5 Å². The van der Waals surface area contributed by atoms with Gasteiger partial charge in [-0.1, -0.05) is 15.9 Å². The summed E-state index contributed by atoms with van der Waals surface area (Å²) < 4.78 is 1.03. The minimum atomic E-state index is 0.557. The van der Waals surface area contributed by atoms with Crippen LogP contribution in [0, 0.1) is 0 Å². The van der Waals surface area contributed by atoms with Crippen molar-refractivity contribution in [1.29, 1.82) is 0 Å². The molecule has 2 heterocycles. The fraction of sp³-hybridized carbons (Fsp3) is 0.0625. The van der Waals surface area contributed by atoms with Crippen LogP contribution in [-0.4, -0.2) is 15.0 Å². The highest BCUT2D eigenvalue weighted by atomic mass is 79.9. The average molecular weight is 356 g/mol. The Kier molecular flexibility index (Phi) is 4.60. The molecule has 0 aliphatic carbocycles. The predicted octanol–water partition coefficient (Wildman–Crippen LogP) is 3.99. The quantitative estimate of drug-likeness (QED) is 0.724. The molecule has 6 heteroatoms. The summed E-state index contributed by atoms with van der Waals surface area (Å²) in [4.78, 5) is 12.7. The summed E-state index contributed by atoms with van der Waals surface area (Å²) in [6.45, 7) is 0.692. The van der Waals surface area contributed by atoms with Gasteiger partial charge < -0.3 is 10.6 Å². The van der Waals surface area contributed by atoms with Crippen LogP contribution in [0.1, 0.15) is 5.56 Å². The molecular formula is C16H14BrN5. The van der Waals surface area contributed by atoms with Crippen molar-refractivity contribution in [2.45, 2.75) is 6.54 Å². The molecule has 0 radical (unpaired) electrons. The highest BCUT2D eigenvalue weighted by Crippen LogP contribution is 2.17. The fourth-order valence-electron chi connectivity index (χ4n) is 1.87. The first-order valence-corrected chi connectivity index (χ1v) is 7.57. The summed E-state index contributed by atoms with van der Waals surface area (Å²) in [7, 11) is 0. The molecule has 1 aromatic carbocycles. The number of hydrogen-bond donors (Lipinski definition) is 2. The molecule has 0 fully saturated rings. The molecule has 0 atom stereocenters. The first-order valence-electron chi connectivity index (χ1n) is 6.78. The van der Waals surface area contributed by atoms with Gasteiger partial charge in [-0.2, -0.15) is 4.98 Å². The maximum atomic E-state index is 4.44. The number of nitrogens with zero attached hydrogens (tertiary/aromatic N) is 3. The summed E-state index contributed by atoms with van der Waals surface area (Å²) in [5.41, 5.74) is 2.09. The van der Waals surface area contributed by atoms with Crippen LogP contribution in [0.25, 0.3) is 0 Å². The Morgan fingerprint density at radius 2 is 1.68 bits per heavy atom. The number of anilines is 3. The third-order valence-corrected chi connectivity index (χ3v) is 3.51. The highest BCUT2D eigenvalue weighted by Gasteiger charge is 2.00. The molecule has 5 nitrogen and oxygen atoms in total. The van der Waals surface area contributed by atoms with Crippen molar-refractivity contribution in [1.82, 2.24) is 15.0 Å². The average Bonchev–Trinajstić information content (AvgIpc) is 2.57. The Labute approximate surface area is 137 Å². The molecule has 0 spiro atoms. The molecule has 3 aromatic rings. The summed E-state index contributed by atoms with van der Waals surface area (Å²) in [6.07, 6.45) is 5.28. The summed E-state index contributed by atoms with van der Waals surface area (Å²) in [6, 6.07) is 13.6. The Bertz CT molecular complexity index is 731. The molecule has 0 aliphatic rings. The Morgan fingerprint density at radius 1 is 0.909 bits per heavy atom. The lowest BCUT2D eigenvalue weighted by Gasteiger charge is -2.08. The Morgan fingerprint density at radius 3 is 2.45 bits per heavy atom. The number of halogens is 1. The number of nitrogens with one attached hydrogen (secondary N) is 2. The van der Waals surface area contributed by atoms with Gasteiger partial charge in [0.05, 0.1) is 0 Å². The zero-order valence-corrected chi connectivity index (χ0v) is 13.3. The fourth-order valence-corrected chi connectivity index (χ4v) is 2.14. The van der Waals surface area contributed by atoms with Crippen LogP contribution in [-0.2, 0) is 6.54 Å². The lowest BCUT2D eigenvalue weighted by molar-refractivity contribution is 1.08. The summed E-state index contributed by atoms with van der Waals surface area (Å²) in [5.74, 6) is 1.33. The zero-order valence-electron chi connectivity index (χ0n) is 11.7. The second-order valence-electron chi connectivity index (χ2n) is 4.61. The van der Waals surface area contributed by atoms with E-state index in [4.69, 9.17) is 0 Å². The molecule has 110 valence electrons. The molecular weight excluding hydrogens is 342 g/mol. The Balaban J connectivity index is 1.66. The zero-order chi connectivity index (χ0) is 15.2. The van der Waals surface area contributed by atoms with E-state index in [9.17, 15) is 0 Å². The van der Waals surface area contributed by atoms with E-state index in [0.717, 1.165) is 21.5 Å². The number of aromatic nitrogens is 3. The normalized spacial score (nSPS) is 10.2. The van der Waals surface area contributed by atoms with Crippen molar-refractivity contribution in [2.24, 2.45) is 0 Å². The van der Waals surface area contributed by atoms with Gasteiger partial charge in [-0.15, -0.1) is 0 Å². The van der Waals surface area contributed by atoms with Gasteiger partial charge in [-0.3, -0.25) is 4.98 Å². The van der Waals surface area contributed by atoms with Gasteiger partial charge in [0, 0.05) is 35.3 Å². The third-order valence-electron chi connectivity index (χ3n) is 2.98. The van der Waals surface area contributed by atoms with Crippen LogP contribution < -0.4 is 10.6 Å². The monoisotopic (exact) mass is 355 g/mol. The van der Waals surface area contributed by atoms with Crippen LogP contribution >= 0.6 is 15.9 Å². The largest absolute Gasteiger partial charge is 0.366 e. The van der Waals surface area contributed by atoms with Gasteiger partial charge in [0.25, 0.3) is 0 Å². The van der Waals surface area contributed by atoms with Crippen LogP contribution in [0.4, 0.5) is 17.5 Å². The van der Waals surface area contributed by atoms with Crippen LogP contribution in [0.2, 0.25) is 0 Å². The standard InChI is InChI=1S/C16H14BrN5/c17-13-1-3-14(4-2-13)21-16-19-10-7-15(22-16)20-11-12-5-8-18-9-6-12/h1-10H,11H2,(H2,19,20,21,22). The summed E-state index contributed by atoms with van der Waals surface area (Å²) in [5, 5.41) is 6.45. The topological polar surface area (TPSA) is 62.7 Å². The molecule has 0 amide bonds. The van der Waals surface area contributed by atoms with Crippen LogP contribution in [0.5, 0.6) is 0 Å². The minimum absolute atomic E-state index is 0.557. The molecule has 0 bridgehead atoms. The predicted molar refractivity (Wildman–Crippen MR) is 91.0 cm³/mol. The first kappa shape index (κ1) is 14.5. The first-order chi connectivity index (χ1) is 10.8. The lowest BCUT2D eigenvalue weighted by Crippen LogP contribution is -2.04. The van der Waals surface area contributed by atoms with Crippen LogP contribution in [0.15, 0.2) is 65.5 Å². The van der Waals surface area contributed by atoms with Crippen molar-refractivity contribution >= 4 is 33.4 Å². The lowest BCUT2D eigenvalue weighted by atomic mass is 10.3. The molecule has 0 unspecified atom stereocenters. The van der Waals surface area contributed by atoms with Crippen molar-refractivity contribution in [2.75, 3.05) is 10.6 Å². The van der Waals surface area contributed by atoms with Gasteiger partial charge in [0.2, 0.25) is 5.95 Å². The van der Waals surface area contributed by atoms with Gasteiger partial charge in [-0.05, 0) is 48.0 Å². The maximum absolute atomic E-state index is 4.44. The second kappa shape index (κ2) is 7.00. The molecule has 0 aliphatic heterocycles. The van der Waals surface area contributed by atoms with Crippen molar-refractivity contribution < 1.29 is 0 Å². The van der Waals surface area contributed by atoms with E-state index in [1.54, 1.807) is 18.6 Å². The Hall–Kier alpha value is -2.47. The maximum Gasteiger partial charge on any atom is 0.229 e. The number of rotatable bonds is 5. The molecule has 22 heavy (non-hydrogen) atoms.